The molecule has 0 saturated heterocycles. The van der Waals surface area contributed by atoms with Gasteiger partial charge in [-0.05, 0) is 12.1 Å². The van der Waals surface area contributed by atoms with Crippen LogP contribution in [0.3, 0.4) is 0 Å². The summed E-state index contributed by atoms with van der Waals surface area (Å²) < 4.78 is 48.0. The van der Waals surface area contributed by atoms with Crippen molar-refractivity contribution in [2.45, 2.75) is 16.7 Å². The molecule has 1 aromatic carbocycles. The summed E-state index contributed by atoms with van der Waals surface area (Å²) in [5, 5.41) is 4.90. The highest BCUT2D eigenvalue weighted by Gasteiger charge is 2.17. The average Bonchev–Trinajstić information content (AvgIpc) is 2.27. The van der Waals surface area contributed by atoms with E-state index in [0.717, 1.165) is 11.8 Å². The van der Waals surface area contributed by atoms with Crippen LogP contribution < -0.4 is 9.86 Å². The summed E-state index contributed by atoms with van der Waals surface area (Å²) in [5.41, 5.74) is 0. The highest BCUT2D eigenvalue weighted by Crippen LogP contribution is 2.26. The van der Waals surface area contributed by atoms with Crippen LogP contribution in [0.15, 0.2) is 34.1 Å². The van der Waals surface area contributed by atoms with E-state index >= 15 is 0 Å². The zero-order valence-electron chi connectivity index (χ0n) is 10.4. The Morgan fingerprint density at radius 2 is 1.84 bits per heavy atom. The summed E-state index contributed by atoms with van der Waals surface area (Å²) in [6.45, 7) is 1.98. The lowest BCUT2D eigenvalue weighted by Gasteiger charge is -2.09. The third-order valence-corrected chi connectivity index (χ3v) is 5.94. The third kappa shape index (κ3) is 5.49. The molecule has 0 aliphatic heterocycles. The lowest BCUT2D eigenvalue weighted by molar-refractivity contribution is 0.581. The number of rotatable bonds is 7. The van der Waals surface area contributed by atoms with Gasteiger partial charge in [0.25, 0.3) is 0 Å². The van der Waals surface area contributed by atoms with Gasteiger partial charge in [0.15, 0.2) is 0 Å². The monoisotopic (exact) mass is 324 g/mol. The van der Waals surface area contributed by atoms with E-state index in [1.54, 1.807) is 25.1 Å². The first kappa shape index (κ1) is 16.4. The molecule has 108 valence electrons. The zero-order valence-corrected chi connectivity index (χ0v) is 12.8. The van der Waals surface area contributed by atoms with Gasteiger partial charge in [0.05, 0.1) is 10.6 Å². The van der Waals surface area contributed by atoms with Crippen LogP contribution in [-0.4, -0.2) is 34.9 Å². The number of hydrogen-bond acceptors (Lipinski definition) is 5. The van der Waals surface area contributed by atoms with Crippen molar-refractivity contribution in [2.75, 3.05) is 18.1 Å². The molecule has 0 fully saturated rings. The molecular weight excluding hydrogens is 308 g/mol. The maximum Gasteiger partial charge on any atom is 0.241 e. The van der Waals surface area contributed by atoms with Crippen LogP contribution in [0.2, 0.25) is 0 Å². The molecule has 0 bridgehead atoms. The van der Waals surface area contributed by atoms with Crippen LogP contribution in [0.25, 0.3) is 0 Å². The summed E-state index contributed by atoms with van der Waals surface area (Å²) in [6, 6.07) is 6.44. The minimum absolute atomic E-state index is 0.149. The predicted molar refractivity (Wildman–Crippen MR) is 76.0 cm³/mol. The maximum atomic E-state index is 11.9. The minimum Gasteiger partial charge on any atom is -0.229 e. The van der Waals surface area contributed by atoms with E-state index in [1.807, 2.05) is 0 Å². The Labute approximate surface area is 117 Å². The van der Waals surface area contributed by atoms with Gasteiger partial charge in [0, 0.05) is 17.2 Å². The van der Waals surface area contributed by atoms with Gasteiger partial charge < -0.3 is 0 Å². The van der Waals surface area contributed by atoms with Gasteiger partial charge in [-0.25, -0.2) is 26.7 Å². The van der Waals surface area contributed by atoms with Crippen molar-refractivity contribution < 1.29 is 16.8 Å². The van der Waals surface area contributed by atoms with Crippen molar-refractivity contribution in [1.29, 1.82) is 0 Å². The van der Waals surface area contributed by atoms with Crippen molar-refractivity contribution in [1.82, 2.24) is 4.72 Å². The lowest BCUT2D eigenvalue weighted by Crippen LogP contribution is -2.23. The fourth-order valence-electron chi connectivity index (χ4n) is 1.33. The molecular formula is C10H16N2O4S3. The molecule has 0 aliphatic carbocycles. The minimum atomic E-state index is -3.56. The largest absolute Gasteiger partial charge is 0.241 e. The molecule has 0 aromatic heterocycles. The van der Waals surface area contributed by atoms with Gasteiger partial charge in [0.2, 0.25) is 20.0 Å². The topological polar surface area (TPSA) is 106 Å². The normalized spacial score (nSPS) is 12.5. The van der Waals surface area contributed by atoms with E-state index in [2.05, 4.69) is 4.72 Å². The Kier molecular flexibility index (Phi) is 5.81. The smallest absolute Gasteiger partial charge is 0.229 e. The van der Waals surface area contributed by atoms with E-state index in [9.17, 15) is 16.8 Å². The van der Waals surface area contributed by atoms with E-state index in [4.69, 9.17) is 5.14 Å². The Bertz CT molecular complexity index is 626. The molecule has 0 heterocycles. The Morgan fingerprint density at radius 3 is 2.42 bits per heavy atom. The summed E-state index contributed by atoms with van der Waals surface area (Å²) in [5.74, 6) is 0.00471. The van der Waals surface area contributed by atoms with Crippen molar-refractivity contribution in [2.24, 2.45) is 5.14 Å². The molecule has 0 unspecified atom stereocenters. The number of nitrogens with one attached hydrogen (secondary N) is 1. The summed E-state index contributed by atoms with van der Waals surface area (Å²) in [7, 11) is -7.10. The van der Waals surface area contributed by atoms with Crippen LogP contribution >= 0.6 is 11.8 Å². The quantitative estimate of drug-likeness (QED) is 0.705. The van der Waals surface area contributed by atoms with Gasteiger partial charge in [-0.2, -0.15) is 0 Å². The number of hydrogen-bond donors (Lipinski definition) is 2. The first-order valence-electron chi connectivity index (χ1n) is 5.48. The molecule has 0 spiro atoms. The fraction of sp³-hybridized carbons (Fsp3) is 0.400. The van der Waals surface area contributed by atoms with Crippen LogP contribution in [-0.2, 0) is 20.0 Å². The number of benzene rings is 1. The second-order valence-electron chi connectivity index (χ2n) is 3.66. The Hall–Kier alpha value is -0.610. The molecule has 19 heavy (non-hydrogen) atoms. The molecule has 6 nitrogen and oxygen atoms in total. The summed E-state index contributed by atoms with van der Waals surface area (Å²) in [4.78, 5) is 0.656. The molecule has 0 aliphatic rings. The van der Waals surface area contributed by atoms with Gasteiger partial charge in [0.1, 0.15) is 0 Å². The summed E-state index contributed by atoms with van der Waals surface area (Å²) >= 11 is 1.15. The van der Waals surface area contributed by atoms with Crippen LogP contribution in [0, 0.1) is 0 Å². The highest BCUT2D eigenvalue weighted by atomic mass is 32.2. The molecule has 0 amide bonds. The molecule has 1 aromatic rings. The van der Waals surface area contributed by atoms with Gasteiger partial charge in [-0.3, -0.25) is 0 Å². The molecule has 0 radical (unpaired) electrons. The number of nitrogens with two attached hydrogens (primary N) is 1. The SMILES string of the molecule is CCNS(=O)(=O)c1ccccc1SCCS(N)(=O)=O. The number of primary sulfonamides is 1. The maximum absolute atomic E-state index is 11.9. The predicted octanol–water partition coefficient (Wildman–Crippen LogP) is 0.365. The van der Waals surface area contributed by atoms with E-state index in [1.165, 1.54) is 6.07 Å². The van der Waals surface area contributed by atoms with Crippen LogP contribution in [0.1, 0.15) is 6.92 Å². The van der Waals surface area contributed by atoms with Crippen molar-refractivity contribution in [3.63, 3.8) is 0 Å². The standard InChI is InChI=1S/C10H16N2O4S3/c1-2-12-19(15,16)10-6-4-3-5-9(10)17-7-8-18(11,13)14/h3-6,12H,2,7-8H2,1H3,(H2,11,13,14). The van der Waals surface area contributed by atoms with Gasteiger partial charge >= 0.3 is 0 Å². The Balaban J connectivity index is 2.91. The van der Waals surface area contributed by atoms with E-state index in [-0.39, 0.29) is 16.4 Å². The molecule has 3 N–H and O–H groups in total. The van der Waals surface area contributed by atoms with Gasteiger partial charge in [-0.15, -0.1) is 11.8 Å². The first-order valence-corrected chi connectivity index (χ1v) is 9.66. The van der Waals surface area contributed by atoms with Crippen molar-refractivity contribution in [3.05, 3.63) is 24.3 Å². The number of sulfonamides is 2. The third-order valence-electron chi connectivity index (χ3n) is 2.10. The second-order valence-corrected chi connectivity index (χ2v) is 8.27. The van der Waals surface area contributed by atoms with Gasteiger partial charge in [-0.1, -0.05) is 19.1 Å². The van der Waals surface area contributed by atoms with Crippen molar-refractivity contribution in [3.8, 4) is 0 Å². The average molecular weight is 324 g/mol. The van der Waals surface area contributed by atoms with Crippen molar-refractivity contribution >= 4 is 31.8 Å². The molecule has 0 atom stereocenters. The molecule has 0 saturated carbocycles. The van der Waals surface area contributed by atoms with E-state index in [0.29, 0.717) is 11.4 Å². The van der Waals surface area contributed by atoms with Crippen LogP contribution in [0.5, 0.6) is 0 Å². The van der Waals surface area contributed by atoms with Crippen LogP contribution in [0.4, 0.5) is 0 Å². The molecule has 9 heteroatoms. The number of thioether (sulfide) groups is 1. The highest BCUT2D eigenvalue weighted by molar-refractivity contribution is 8.01. The fourth-order valence-corrected chi connectivity index (χ4v) is 4.83. The second kappa shape index (κ2) is 6.71. The first-order chi connectivity index (χ1) is 8.76. The summed E-state index contributed by atoms with van der Waals surface area (Å²) in [6.07, 6.45) is 0. The Morgan fingerprint density at radius 1 is 1.21 bits per heavy atom. The molecule has 1 rings (SSSR count). The lowest BCUT2D eigenvalue weighted by atomic mass is 10.4. The zero-order chi connectivity index (χ0) is 14.5. The van der Waals surface area contributed by atoms with E-state index < -0.39 is 20.0 Å².